The molecule has 66 valence electrons. The van der Waals surface area contributed by atoms with Crippen molar-refractivity contribution in [2.24, 2.45) is 0 Å². The Kier molecular flexibility index (Phi) is 6.77. The number of rotatable bonds is 6. The molecule has 1 N–H and O–H groups in total. The molecule has 0 spiro atoms. The molecule has 11 heavy (non-hydrogen) atoms. The van der Waals surface area contributed by atoms with E-state index in [4.69, 9.17) is 0 Å². The molecule has 1 nitrogen and oxygen atoms in total. The normalized spacial score (nSPS) is 13.0. The fraction of sp³-hybridized carbons (Fsp3) is 0.778. The van der Waals surface area contributed by atoms with Gasteiger partial charge in [0, 0.05) is 5.75 Å². The number of aliphatic hydroxyl groups excluding tert-OH is 1. The standard InChI is InChI=1S/C9H18OS/c1-4-11-7-9(10)6-5-8(2)3/h9-10H,2,4-7H2,1,3H3. The topological polar surface area (TPSA) is 20.2 Å². The number of hydrogen-bond donors (Lipinski definition) is 1. The van der Waals surface area contributed by atoms with Gasteiger partial charge in [0.15, 0.2) is 0 Å². The van der Waals surface area contributed by atoms with Crippen molar-refractivity contribution in [3.63, 3.8) is 0 Å². The molecule has 1 atom stereocenters. The van der Waals surface area contributed by atoms with Gasteiger partial charge in [0.25, 0.3) is 0 Å². The first kappa shape index (κ1) is 11.1. The lowest BCUT2D eigenvalue weighted by molar-refractivity contribution is 0.189. The molecule has 0 aliphatic heterocycles. The quantitative estimate of drug-likeness (QED) is 0.624. The van der Waals surface area contributed by atoms with Crippen LogP contribution in [0.4, 0.5) is 0 Å². The summed E-state index contributed by atoms with van der Waals surface area (Å²) in [4.78, 5) is 0. The van der Waals surface area contributed by atoms with Gasteiger partial charge in [0.1, 0.15) is 0 Å². The highest BCUT2D eigenvalue weighted by Gasteiger charge is 2.02. The Hall–Kier alpha value is 0.0500. The number of aliphatic hydroxyl groups is 1. The first-order valence-electron chi connectivity index (χ1n) is 4.07. The Morgan fingerprint density at radius 3 is 2.73 bits per heavy atom. The smallest absolute Gasteiger partial charge is 0.0633 e. The third kappa shape index (κ3) is 7.95. The van der Waals surface area contributed by atoms with Crippen LogP contribution in [0, 0.1) is 0 Å². The lowest BCUT2D eigenvalue weighted by atomic mass is 10.1. The Bertz CT molecular complexity index is 112. The summed E-state index contributed by atoms with van der Waals surface area (Å²) in [5, 5.41) is 9.37. The minimum atomic E-state index is -0.142. The lowest BCUT2D eigenvalue weighted by Gasteiger charge is -2.08. The fourth-order valence-corrected chi connectivity index (χ4v) is 1.42. The Balaban J connectivity index is 3.22. The van der Waals surface area contributed by atoms with Crippen LogP contribution in [0.5, 0.6) is 0 Å². The summed E-state index contributed by atoms with van der Waals surface area (Å²) in [6.07, 6.45) is 1.67. The van der Waals surface area contributed by atoms with E-state index in [9.17, 15) is 5.11 Å². The Labute approximate surface area is 73.9 Å². The second-order valence-electron chi connectivity index (χ2n) is 2.81. The van der Waals surface area contributed by atoms with E-state index in [0.717, 1.165) is 29.9 Å². The van der Waals surface area contributed by atoms with Gasteiger partial charge in [0.05, 0.1) is 6.10 Å². The average Bonchev–Trinajstić information content (AvgIpc) is 1.97. The average molecular weight is 174 g/mol. The predicted molar refractivity (Wildman–Crippen MR) is 53.1 cm³/mol. The van der Waals surface area contributed by atoms with Crippen LogP contribution in [0.15, 0.2) is 12.2 Å². The molecular formula is C9H18OS. The van der Waals surface area contributed by atoms with E-state index in [1.165, 1.54) is 0 Å². The highest BCUT2D eigenvalue weighted by atomic mass is 32.2. The van der Waals surface area contributed by atoms with Crippen molar-refractivity contribution < 1.29 is 5.11 Å². The van der Waals surface area contributed by atoms with Gasteiger partial charge in [-0.1, -0.05) is 12.5 Å². The molecule has 0 rings (SSSR count). The molecule has 0 aromatic heterocycles. The third-order valence-corrected chi connectivity index (χ3v) is 2.45. The highest BCUT2D eigenvalue weighted by Crippen LogP contribution is 2.09. The molecule has 2 heteroatoms. The Morgan fingerprint density at radius 1 is 1.64 bits per heavy atom. The fourth-order valence-electron chi connectivity index (χ4n) is 0.750. The van der Waals surface area contributed by atoms with Gasteiger partial charge in [-0.25, -0.2) is 0 Å². The molecule has 0 aliphatic rings. The van der Waals surface area contributed by atoms with Crippen LogP contribution in [0.2, 0.25) is 0 Å². The zero-order valence-electron chi connectivity index (χ0n) is 7.47. The van der Waals surface area contributed by atoms with Gasteiger partial charge < -0.3 is 5.11 Å². The minimum absolute atomic E-state index is 0.142. The van der Waals surface area contributed by atoms with Crippen LogP contribution in [0.25, 0.3) is 0 Å². The summed E-state index contributed by atoms with van der Waals surface area (Å²) < 4.78 is 0. The SMILES string of the molecule is C=C(C)CCC(O)CSCC. The molecular weight excluding hydrogens is 156 g/mol. The van der Waals surface area contributed by atoms with Gasteiger partial charge in [-0.15, -0.1) is 6.58 Å². The predicted octanol–water partition coefficient (Wildman–Crippen LogP) is 2.46. The maximum absolute atomic E-state index is 9.37. The lowest BCUT2D eigenvalue weighted by Crippen LogP contribution is -2.09. The summed E-state index contributed by atoms with van der Waals surface area (Å²) in [5.41, 5.74) is 1.16. The van der Waals surface area contributed by atoms with Crippen molar-refractivity contribution in [2.75, 3.05) is 11.5 Å². The molecule has 1 unspecified atom stereocenters. The zero-order valence-corrected chi connectivity index (χ0v) is 8.28. The van der Waals surface area contributed by atoms with Gasteiger partial charge in [0.2, 0.25) is 0 Å². The van der Waals surface area contributed by atoms with Crippen molar-refractivity contribution in [1.82, 2.24) is 0 Å². The van der Waals surface area contributed by atoms with E-state index >= 15 is 0 Å². The molecule has 0 bridgehead atoms. The van der Waals surface area contributed by atoms with Crippen molar-refractivity contribution in [2.45, 2.75) is 32.8 Å². The summed E-state index contributed by atoms with van der Waals surface area (Å²) in [5.74, 6) is 1.95. The monoisotopic (exact) mass is 174 g/mol. The first-order chi connectivity index (χ1) is 5.16. The molecule has 0 saturated heterocycles. The van der Waals surface area contributed by atoms with E-state index in [-0.39, 0.29) is 6.10 Å². The summed E-state index contributed by atoms with van der Waals surface area (Å²) in [7, 11) is 0. The van der Waals surface area contributed by atoms with Gasteiger partial charge in [-0.3, -0.25) is 0 Å². The molecule has 0 heterocycles. The second-order valence-corrected chi connectivity index (χ2v) is 4.13. The van der Waals surface area contributed by atoms with Crippen LogP contribution in [0.1, 0.15) is 26.7 Å². The second kappa shape index (κ2) is 6.74. The summed E-state index contributed by atoms with van der Waals surface area (Å²) in [6.45, 7) is 7.90. The molecule has 0 aromatic carbocycles. The summed E-state index contributed by atoms with van der Waals surface area (Å²) >= 11 is 1.79. The summed E-state index contributed by atoms with van der Waals surface area (Å²) in [6, 6.07) is 0. The van der Waals surface area contributed by atoms with E-state index < -0.39 is 0 Å². The van der Waals surface area contributed by atoms with Gasteiger partial charge in [-0.05, 0) is 25.5 Å². The zero-order chi connectivity index (χ0) is 8.69. The largest absolute Gasteiger partial charge is 0.392 e. The van der Waals surface area contributed by atoms with Gasteiger partial charge >= 0.3 is 0 Å². The third-order valence-electron chi connectivity index (χ3n) is 1.42. The molecule has 0 saturated carbocycles. The van der Waals surface area contributed by atoms with Crippen molar-refractivity contribution in [1.29, 1.82) is 0 Å². The van der Waals surface area contributed by atoms with Crippen molar-refractivity contribution >= 4 is 11.8 Å². The van der Waals surface area contributed by atoms with Crippen LogP contribution in [-0.4, -0.2) is 22.7 Å². The highest BCUT2D eigenvalue weighted by molar-refractivity contribution is 7.99. The van der Waals surface area contributed by atoms with E-state index in [1.54, 1.807) is 11.8 Å². The van der Waals surface area contributed by atoms with Gasteiger partial charge in [-0.2, -0.15) is 11.8 Å². The minimum Gasteiger partial charge on any atom is -0.392 e. The van der Waals surface area contributed by atoms with Crippen molar-refractivity contribution in [3.8, 4) is 0 Å². The van der Waals surface area contributed by atoms with Crippen LogP contribution in [-0.2, 0) is 0 Å². The van der Waals surface area contributed by atoms with E-state index in [1.807, 2.05) is 6.92 Å². The first-order valence-corrected chi connectivity index (χ1v) is 5.22. The van der Waals surface area contributed by atoms with Crippen molar-refractivity contribution in [3.05, 3.63) is 12.2 Å². The molecule has 0 radical (unpaired) electrons. The maximum atomic E-state index is 9.37. The molecule has 0 aliphatic carbocycles. The van der Waals surface area contributed by atoms with Crippen LogP contribution < -0.4 is 0 Å². The molecule has 0 aromatic rings. The number of allylic oxidation sites excluding steroid dienone is 1. The van der Waals surface area contributed by atoms with Crippen LogP contribution >= 0.6 is 11.8 Å². The van der Waals surface area contributed by atoms with E-state index in [2.05, 4.69) is 13.5 Å². The molecule has 0 amide bonds. The van der Waals surface area contributed by atoms with Crippen LogP contribution in [0.3, 0.4) is 0 Å². The molecule has 0 fully saturated rings. The number of hydrogen-bond acceptors (Lipinski definition) is 2. The maximum Gasteiger partial charge on any atom is 0.0633 e. The number of thioether (sulfide) groups is 1. The Morgan fingerprint density at radius 2 is 2.27 bits per heavy atom. The van der Waals surface area contributed by atoms with E-state index in [0.29, 0.717) is 0 Å².